The summed E-state index contributed by atoms with van der Waals surface area (Å²) in [6.07, 6.45) is -1.41. The summed E-state index contributed by atoms with van der Waals surface area (Å²) in [6, 6.07) is -0.862. The molecule has 3 atom stereocenters. The molecule has 1 aliphatic carbocycles. The summed E-state index contributed by atoms with van der Waals surface area (Å²) in [6.45, 7) is 0. The zero-order valence-corrected chi connectivity index (χ0v) is 10.8. The van der Waals surface area contributed by atoms with E-state index < -0.39 is 30.3 Å². The van der Waals surface area contributed by atoms with Crippen molar-refractivity contribution in [1.29, 1.82) is 0 Å². The minimum atomic E-state index is -1.25. The number of alkyl halides is 1. The van der Waals surface area contributed by atoms with Crippen LogP contribution in [0, 0.1) is 0 Å². The van der Waals surface area contributed by atoms with Crippen LogP contribution in [-0.2, 0) is 14.4 Å². The Kier molecular flexibility index (Phi) is 3.08. The molecular weight excluding hydrogens is 267 g/mol. The maximum atomic E-state index is 13.4. The van der Waals surface area contributed by atoms with Crippen molar-refractivity contribution in [2.75, 3.05) is 0 Å². The number of amides is 3. The Bertz CT molecular complexity index is 530. The van der Waals surface area contributed by atoms with Crippen molar-refractivity contribution in [3.05, 3.63) is 11.1 Å². The molecule has 2 heterocycles. The first kappa shape index (κ1) is 13.2. The number of hydrogen-bond donors (Lipinski definition) is 2. The Hall–Kier alpha value is -1.76. The van der Waals surface area contributed by atoms with E-state index in [-0.39, 0.29) is 38.0 Å². The minimum Gasteiger partial charge on any atom is -0.369 e. The maximum absolute atomic E-state index is 13.4. The lowest BCUT2D eigenvalue weighted by molar-refractivity contribution is -0.149. The predicted octanol–water partition coefficient (Wildman–Crippen LogP) is -0.229. The summed E-state index contributed by atoms with van der Waals surface area (Å²) < 4.78 is 13.4. The topological polar surface area (TPSA) is 86.7 Å². The molecule has 1 fully saturated rings. The number of aliphatic hydroxyl groups is 1. The fourth-order valence-corrected chi connectivity index (χ4v) is 3.13. The molecule has 1 saturated heterocycles. The Morgan fingerprint density at radius 3 is 2.65 bits per heavy atom. The summed E-state index contributed by atoms with van der Waals surface area (Å²) >= 11 is 0. The fraction of sp³-hybridized carbons (Fsp3) is 0.615. The van der Waals surface area contributed by atoms with Crippen molar-refractivity contribution in [3.8, 4) is 0 Å². The van der Waals surface area contributed by atoms with Crippen molar-refractivity contribution in [2.45, 2.75) is 50.5 Å². The van der Waals surface area contributed by atoms with Gasteiger partial charge in [-0.2, -0.15) is 0 Å². The lowest BCUT2D eigenvalue weighted by Crippen LogP contribution is -2.55. The molecule has 6 nitrogen and oxygen atoms in total. The molecule has 2 aliphatic heterocycles. The number of imide groups is 1. The molecule has 0 saturated carbocycles. The fourth-order valence-electron chi connectivity index (χ4n) is 3.13. The number of nitrogens with zero attached hydrogens (tertiary/aromatic N) is 1. The van der Waals surface area contributed by atoms with E-state index in [2.05, 4.69) is 5.32 Å². The normalized spacial score (nSPS) is 34.4. The summed E-state index contributed by atoms with van der Waals surface area (Å²) in [7, 11) is 0. The largest absolute Gasteiger partial charge is 0.369 e. The Labute approximate surface area is 114 Å². The van der Waals surface area contributed by atoms with E-state index in [0.717, 1.165) is 4.90 Å². The van der Waals surface area contributed by atoms with Gasteiger partial charge in [-0.3, -0.25) is 24.6 Å². The lowest BCUT2D eigenvalue weighted by Gasteiger charge is -2.32. The maximum Gasteiger partial charge on any atom is 0.252 e. The Morgan fingerprint density at radius 2 is 1.95 bits per heavy atom. The van der Waals surface area contributed by atoms with Gasteiger partial charge < -0.3 is 5.11 Å². The SMILES string of the molecule is O=C1CCC(N2C(=O)C3=C(CC(F)CC3)C2O)C(=O)N1. The van der Waals surface area contributed by atoms with Gasteiger partial charge in [-0.05, 0) is 24.8 Å². The second-order valence-electron chi connectivity index (χ2n) is 5.40. The molecule has 3 rings (SSSR count). The van der Waals surface area contributed by atoms with Gasteiger partial charge >= 0.3 is 0 Å². The number of halogens is 1. The molecule has 108 valence electrons. The molecule has 3 aliphatic rings. The van der Waals surface area contributed by atoms with Crippen LogP contribution in [-0.4, -0.2) is 46.2 Å². The number of hydrogen-bond acceptors (Lipinski definition) is 4. The van der Waals surface area contributed by atoms with Crippen molar-refractivity contribution in [2.24, 2.45) is 0 Å². The summed E-state index contributed by atoms with van der Waals surface area (Å²) in [4.78, 5) is 36.3. The van der Waals surface area contributed by atoms with E-state index in [9.17, 15) is 23.9 Å². The Balaban J connectivity index is 1.85. The molecule has 0 spiro atoms. The van der Waals surface area contributed by atoms with E-state index in [0.29, 0.717) is 11.1 Å². The molecule has 0 aromatic heterocycles. The van der Waals surface area contributed by atoms with Gasteiger partial charge in [0, 0.05) is 18.4 Å². The first-order valence-electron chi connectivity index (χ1n) is 6.69. The van der Waals surface area contributed by atoms with Crippen molar-refractivity contribution >= 4 is 17.7 Å². The Morgan fingerprint density at radius 1 is 1.20 bits per heavy atom. The molecule has 0 aromatic rings. The van der Waals surface area contributed by atoms with Crippen LogP contribution in [0.5, 0.6) is 0 Å². The number of aliphatic hydroxyl groups excluding tert-OH is 1. The van der Waals surface area contributed by atoms with Gasteiger partial charge in [-0.15, -0.1) is 0 Å². The molecule has 3 unspecified atom stereocenters. The van der Waals surface area contributed by atoms with E-state index in [1.807, 2.05) is 0 Å². The van der Waals surface area contributed by atoms with E-state index in [4.69, 9.17) is 0 Å². The molecule has 3 amide bonds. The van der Waals surface area contributed by atoms with Crippen LogP contribution in [0.4, 0.5) is 4.39 Å². The average molecular weight is 282 g/mol. The molecular formula is C13H15FN2O4. The third-order valence-corrected chi connectivity index (χ3v) is 4.15. The van der Waals surface area contributed by atoms with E-state index in [1.165, 1.54) is 0 Å². The summed E-state index contributed by atoms with van der Waals surface area (Å²) in [5.41, 5.74) is 0.814. The highest BCUT2D eigenvalue weighted by Gasteiger charge is 2.47. The van der Waals surface area contributed by atoms with Gasteiger partial charge in [-0.25, -0.2) is 4.39 Å². The summed E-state index contributed by atoms with van der Waals surface area (Å²) in [5, 5.41) is 12.4. The van der Waals surface area contributed by atoms with E-state index in [1.54, 1.807) is 0 Å². The molecule has 0 bridgehead atoms. The highest BCUT2D eigenvalue weighted by atomic mass is 19.1. The smallest absolute Gasteiger partial charge is 0.252 e. The molecule has 0 radical (unpaired) electrons. The molecule has 2 N–H and O–H groups in total. The molecule has 0 aromatic carbocycles. The second kappa shape index (κ2) is 4.66. The van der Waals surface area contributed by atoms with Crippen LogP contribution in [0.15, 0.2) is 11.1 Å². The van der Waals surface area contributed by atoms with Crippen LogP contribution in [0.2, 0.25) is 0 Å². The highest BCUT2D eigenvalue weighted by molar-refractivity contribution is 6.05. The van der Waals surface area contributed by atoms with Crippen LogP contribution in [0.1, 0.15) is 32.1 Å². The number of piperidine rings is 1. The first-order valence-corrected chi connectivity index (χ1v) is 6.69. The molecule has 20 heavy (non-hydrogen) atoms. The van der Waals surface area contributed by atoms with Gasteiger partial charge in [0.2, 0.25) is 11.8 Å². The monoisotopic (exact) mass is 282 g/mol. The number of carbonyl (C=O) groups excluding carboxylic acids is 3. The highest BCUT2D eigenvalue weighted by Crippen LogP contribution is 2.38. The zero-order valence-electron chi connectivity index (χ0n) is 10.8. The van der Waals surface area contributed by atoms with Gasteiger partial charge in [0.15, 0.2) is 6.23 Å². The second-order valence-corrected chi connectivity index (χ2v) is 5.40. The van der Waals surface area contributed by atoms with Gasteiger partial charge in [-0.1, -0.05) is 0 Å². The van der Waals surface area contributed by atoms with Gasteiger partial charge in [0.25, 0.3) is 5.91 Å². The number of rotatable bonds is 1. The van der Waals surface area contributed by atoms with E-state index >= 15 is 0 Å². The van der Waals surface area contributed by atoms with Crippen LogP contribution < -0.4 is 5.32 Å². The van der Waals surface area contributed by atoms with Crippen molar-refractivity contribution in [1.82, 2.24) is 10.2 Å². The standard InChI is InChI=1S/C13H15FN2O4/c14-6-1-2-7-8(5-6)13(20)16(12(7)19)9-3-4-10(17)15-11(9)18/h6,9,13,20H,1-5H2,(H,15,17,18). The van der Waals surface area contributed by atoms with Gasteiger partial charge in [0.05, 0.1) is 0 Å². The predicted molar refractivity (Wildman–Crippen MR) is 64.8 cm³/mol. The van der Waals surface area contributed by atoms with Crippen molar-refractivity contribution in [3.63, 3.8) is 0 Å². The van der Waals surface area contributed by atoms with Crippen LogP contribution >= 0.6 is 0 Å². The third kappa shape index (κ3) is 1.93. The van der Waals surface area contributed by atoms with Crippen LogP contribution in [0.25, 0.3) is 0 Å². The summed E-state index contributed by atoms with van der Waals surface area (Å²) in [5.74, 6) is -1.37. The third-order valence-electron chi connectivity index (χ3n) is 4.15. The average Bonchev–Trinajstić information content (AvgIpc) is 2.63. The quantitative estimate of drug-likeness (QED) is 0.650. The lowest BCUT2D eigenvalue weighted by atomic mass is 9.92. The number of carbonyl (C=O) groups is 3. The zero-order chi connectivity index (χ0) is 14.4. The van der Waals surface area contributed by atoms with Crippen molar-refractivity contribution < 1.29 is 23.9 Å². The number of nitrogens with one attached hydrogen (secondary N) is 1. The minimum absolute atomic E-state index is 0.0337. The van der Waals surface area contributed by atoms with Crippen LogP contribution in [0.3, 0.4) is 0 Å². The molecule has 7 heteroatoms. The van der Waals surface area contributed by atoms with Gasteiger partial charge in [0.1, 0.15) is 12.2 Å². The first-order chi connectivity index (χ1) is 9.49.